The molecule has 0 bridgehead atoms. The monoisotopic (exact) mass is 212 g/mol. The topological polar surface area (TPSA) is 24.9 Å². The van der Waals surface area contributed by atoms with Crippen LogP contribution in [0.4, 0.5) is 0 Å². The highest BCUT2D eigenvalue weighted by Gasteiger charge is 2.06. The maximum absolute atomic E-state index is 4.51. The number of thiazole rings is 1. The van der Waals surface area contributed by atoms with Crippen LogP contribution in [0.2, 0.25) is 0 Å². The van der Waals surface area contributed by atoms with Gasteiger partial charge in [0.1, 0.15) is 0 Å². The van der Waals surface area contributed by atoms with Gasteiger partial charge < -0.3 is 5.32 Å². The quantitative estimate of drug-likeness (QED) is 0.812. The lowest BCUT2D eigenvalue weighted by Crippen LogP contribution is -2.18. The van der Waals surface area contributed by atoms with E-state index in [2.05, 4.69) is 38.0 Å². The second-order valence-corrected chi connectivity index (χ2v) is 5.27. The van der Waals surface area contributed by atoms with Gasteiger partial charge in [0.2, 0.25) is 0 Å². The lowest BCUT2D eigenvalue weighted by Gasteiger charge is -2.06. The molecule has 1 heterocycles. The molecule has 0 radical (unpaired) electrons. The Balaban J connectivity index is 2.48. The normalized spacial score (nSPS) is 11.2. The minimum absolute atomic E-state index is 0.717. The molecule has 1 aromatic rings. The van der Waals surface area contributed by atoms with Crippen LogP contribution in [-0.4, -0.2) is 11.5 Å². The molecule has 0 fully saturated rings. The Morgan fingerprint density at radius 1 is 1.43 bits per heavy atom. The zero-order chi connectivity index (χ0) is 10.6. The summed E-state index contributed by atoms with van der Waals surface area (Å²) in [5, 5.41) is 4.64. The second-order valence-electron chi connectivity index (χ2n) is 3.98. The summed E-state index contributed by atoms with van der Waals surface area (Å²) in [7, 11) is 0. The summed E-state index contributed by atoms with van der Waals surface area (Å²) in [4.78, 5) is 5.91. The Morgan fingerprint density at radius 2 is 2.14 bits per heavy atom. The summed E-state index contributed by atoms with van der Waals surface area (Å²) in [5.74, 6) is 0.717. The van der Waals surface area contributed by atoms with Crippen molar-refractivity contribution >= 4 is 11.3 Å². The number of rotatable bonds is 5. The van der Waals surface area contributed by atoms with Crippen molar-refractivity contribution in [2.45, 2.75) is 40.7 Å². The minimum atomic E-state index is 0.717. The van der Waals surface area contributed by atoms with Gasteiger partial charge in [-0.05, 0) is 25.8 Å². The molecule has 1 N–H and O–H groups in total. The number of hydrogen-bond acceptors (Lipinski definition) is 3. The van der Waals surface area contributed by atoms with E-state index < -0.39 is 0 Å². The van der Waals surface area contributed by atoms with Gasteiger partial charge in [-0.1, -0.05) is 20.8 Å². The minimum Gasteiger partial charge on any atom is -0.312 e. The SMILES string of the molecule is CCc1nc(C)sc1CNCC(C)C. The summed E-state index contributed by atoms with van der Waals surface area (Å²) in [6.07, 6.45) is 1.04. The van der Waals surface area contributed by atoms with Crippen LogP contribution in [0.5, 0.6) is 0 Å². The fourth-order valence-corrected chi connectivity index (χ4v) is 2.40. The van der Waals surface area contributed by atoms with Crippen molar-refractivity contribution in [3.63, 3.8) is 0 Å². The van der Waals surface area contributed by atoms with E-state index in [1.54, 1.807) is 0 Å². The third-order valence-corrected chi connectivity index (χ3v) is 3.07. The Kier molecular flexibility index (Phi) is 4.55. The molecular weight excluding hydrogens is 192 g/mol. The zero-order valence-corrected chi connectivity index (χ0v) is 10.4. The Bertz CT molecular complexity index is 279. The van der Waals surface area contributed by atoms with Crippen LogP contribution in [0.1, 0.15) is 36.3 Å². The largest absolute Gasteiger partial charge is 0.312 e. The predicted octanol–water partition coefficient (Wildman–Crippen LogP) is 2.76. The van der Waals surface area contributed by atoms with Crippen molar-refractivity contribution in [2.24, 2.45) is 5.92 Å². The van der Waals surface area contributed by atoms with Gasteiger partial charge in [0.05, 0.1) is 10.7 Å². The van der Waals surface area contributed by atoms with Crippen molar-refractivity contribution in [3.05, 3.63) is 15.6 Å². The van der Waals surface area contributed by atoms with Gasteiger partial charge in [-0.15, -0.1) is 11.3 Å². The number of aryl methyl sites for hydroxylation is 2. The first-order chi connectivity index (χ1) is 6.63. The molecule has 0 saturated heterocycles. The first kappa shape index (κ1) is 11.7. The number of nitrogens with zero attached hydrogens (tertiary/aromatic N) is 1. The molecule has 0 atom stereocenters. The smallest absolute Gasteiger partial charge is 0.0900 e. The summed E-state index contributed by atoms with van der Waals surface area (Å²) in [6, 6.07) is 0. The third kappa shape index (κ3) is 3.39. The van der Waals surface area contributed by atoms with E-state index in [1.807, 2.05) is 11.3 Å². The van der Waals surface area contributed by atoms with E-state index in [4.69, 9.17) is 0 Å². The van der Waals surface area contributed by atoms with Crippen LogP contribution in [0, 0.1) is 12.8 Å². The molecule has 80 valence electrons. The fraction of sp³-hybridized carbons (Fsp3) is 0.727. The van der Waals surface area contributed by atoms with Gasteiger partial charge in [0.25, 0.3) is 0 Å². The Labute approximate surface area is 90.8 Å². The average molecular weight is 212 g/mol. The van der Waals surface area contributed by atoms with Gasteiger partial charge >= 0.3 is 0 Å². The van der Waals surface area contributed by atoms with Crippen molar-refractivity contribution < 1.29 is 0 Å². The molecule has 0 amide bonds. The first-order valence-corrected chi connectivity index (χ1v) is 6.11. The summed E-state index contributed by atoms with van der Waals surface area (Å²) >= 11 is 1.82. The molecule has 0 aromatic carbocycles. The van der Waals surface area contributed by atoms with Crippen molar-refractivity contribution in [1.29, 1.82) is 0 Å². The van der Waals surface area contributed by atoms with Crippen molar-refractivity contribution in [1.82, 2.24) is 10.3 Å². The maximum Gasteiger partial charge on any atom is 0.0900 e. The molecule has 2 nitrogen and oxygen atoms in total. The fourth-order valence-electron chi connectivity index (χ4n) is 1.40. The third-order valence-electron chi connectivity index (χ3n) is 2.06. The maximum atomic E-state index is 4.51. The first-order valence-electron chi connectivity index (χ1n) is 5.29. The van der Waals surface area contributed by atoms with Crippen molar-refractivity contribution in [3.8, 4) is 0 Å². The highest BCUT2D eigenvalue weighted by molar-refractivity contribution is 7.11. The lowest BCUT2D eigenvalue weighted by molar-refractivity contribution is 0.553. The number of hydrogen-bond donors (Lipinski definition) is 1. The van der Waals surface area contributed by atoms with Crippen LogP contribution in [0.3, 0.4) is 0 Å². The average Bonchev–Trinajstić information content (AvgIpc) is 2.45. The predicted molar refractivity (Wildman–Crippen MR) is 62.8 cm³/mol. The highest BCUT2D eigenvalue weighted by atomic mass is 32.1. The molecule has 0 unspecified atom stereocenters. The van der Waals surface area contributed by atoms with Crippen LogP contribution < -0.4 is 5.32 Å². The zero-order valence-electron chi connectivity index (χ0n) is 9.55. The van der Waals surface area contributed by atoms with Gasteiger partial charge in [-0.3, -0.25) is 0 Å². The molecule has 3 heteroatoms. The summed E-state index contributed by atoms with van der Waals surface area (Å²) in [6.45, 7) is 10.8. The number of nitrogens with one attached hydrogen (secondary N) is 1. The Hall–Kier alpha value is -0.410. The highest BCUT2D eigenvalue weighted by Crippen LogP contribution is 2.18. The van der Waals surface area contributed by atoms with E-state index in [9.17, 15) is 0 Å². The molecule has 0 spiro atoms. The summed E-state index contributed by atoms with van der Waals surface area (Å²) in [5.41, 5.74) is 1.27. The van der Waals surface area contributed by atoms with Crippen LogP contribution in [0.15, 0.2) is 0 Å². The van der Waals surface area contributed by atoms with E-state index in [-0.39, 0.29) is 0 Å². The van der Waals surface area contributed by atoms with Crippen molar-refractivity contribution in [2.75, 3.05) is 6.54 Å². The van der Waals surface area contributed by atoms with Crippen LogP contribution >= 0.6 is 11.3 Å². The van der Waals surface area contributed by atoms with Gasteiger partial charge in [-0.25, -0.2) is 4.98 Å². The molecular formula is C11H20N2S. The van der Waals surface area contributed by atoms with Gasteiger partial charge in [-0.2, -0.15) is 0 Å². The van der Waals surface area contributed by atoms with E-state index in [1.165, 1.54) is 15.6 Å². The summed E-state index contributed by atoms with van der Waals surface area (Å²) < 4.78 is 0. The number of aromatic nitrogens is 1. The molecule has 14 heavy (non-hydrogen) atoms. The van der Waals surface area contributed by atoms with E-state index >= 15 is 0 Å². The standard InChI is InChI=1S/C11H20N2S/c1-5-10-11(14-9(4)13-10)7-12-6-8(2)3/h8,12H,5-7H2,1-4H3. The van der Waals surface area contributed by atoms with E-state index in [0.29, 0.717) is 5.92 Å². The van der Waals surface area contributed by atoms with Crippen LogP contribution in [-0.2, 0) is 13.0 Å². The van der Waals surface area contributed by atoms with Gasteiger partial charge in [0.15, 0.2) is 0 Å². The van der Waals surface area contributed by atoms with E-state index in [0.717, 1.165) is 19.5 Å². The molecule has 1 rings (SSSR count). The Morgan fingerprint density at radius 3 is 2.71 bits per heavy atom. The molecule has 0 aliphatic heterocycles. The molecule has 0 aliphatic rings. The lowest BCUT2D eigenvalue weighted by atomic mass is 10.2. The van der Waals surface area contributed by atoms with Gasteiger partial charge in [0, 0.05) is 11.4 Å². The second kappa shape index (κ2) is 5.47. The van der Waals surface area contributed by atoms with Crippen LogP contribution in [0.25, 0.3) is 0 Å². The molecule has 0 aliphatic carbocycles. The molecule has 1 aromatic heterocycles. The molecule has 0 saturated carbocycles.